The number of para-hydroxylation sites is 1. The first-order valence-electron chi connectivity index (χ1n) is 10.2. The van der Waals surface area contributed by atoms with Gasteiger partial charge < -0.3 is 10.1 Å². The fraction of sp³-hybridized carbons (Fsp3) is 0.208. The van der Waals surface area contributed by atoms with Gasteiger partial charge in [0.2, 0.25) is 5.91 Å². The van der Waals surface area contributed by atoms with Crippen LogP contribution < -0.4 is 14.4 Å². The number of ether oxygens (including phenoxy) is 1. The minimum atomic E-state index is -3.95. The van der Waals surface area contributed by atoms with Crippen LogP contribution in [-0.2, 0) is 20.6 Å². The van der Waals surface area contributed by atoms with Gasteiger partial charge in [-0.1, -0.05) is 41.9 Å². The Balaban J connectivity index is 1.62. The molecule has 0 aliphatic heterocycles. The number of halogens is 1. The highest BCUT2D eigenvalue weighted by Gasteiger charge is 2.27. The van der Waals surface area contributed by atoms with E-state index in [1.807, 2.05) is 24.3 Å². The lowest BCUT2D eigenvalue weighted by atomic mass is 10.2. The highest BCUT2D eigenvalue weighted by Crippen LogP contribution is 2.25. The van der Waals surface area contributed by atoms with Crippen molar-refractivity contribution in [3.63, 3.8) is 0 Å². The number of carbonyl (C=O) groups excluding carboxylic acids is 1. The Bertz CT molecular complexity index is 1160. The van der Waals surface area contributed by atoms with Crippen molar-refractivity contribution < 1.29 is 17.9 Å². The van der Waals surface area contributed by atoms with E-state index in [4.69, 9.17) is 16.3 Å². The number of anilines is 1. The molecule has 174 valence electrons. The molecule has 3 aromatic carbocycles. The number of sulfonamides is 1. The third-order valence-electron chi connectivity index (χ3n) is 4.71. The molecule has 0 heterocycles. The fourth-order valence-corrected chi connectivity index (χ4v) is 5.49. The Labute approximate surface area is 204 Å². The first kappa shape index (κ1) is 25.0. The molecule has 6 nitrogen and oxygen atoms in total. The predicted molar refractivity (Wildman–Crippen MR) is 135 cm³/mol. The zero-order valence-corrected chi connectivity index (χ0v) is 20.5. The average Bonchev–Trinajstić information content (AvgIpc) is 2.83. The number of hydrogen-bond donors (Lipinski definition) is 1. The minimum Gasteiger partial charge on any atom is -0.497 e. The maximum Gasteiger partial charge on any atom is 0.264 e. The van der Waals surface area contributed by atoms with E-state index in [-0.39, 0.29) is 17.3 Å². The van der Waals surface area contributed by atoms with Gasteiger partial charge in [-0.05, 0) is 54.1 Å². The summed E-state index contributed by atoms with van der Waals surface area (Å²) in [7, 11) is -2.44. The number of benzene rings is 3. The molecular formula is C24H25ClN2O4S2. The number of nitrogens with one attached hydrogen (secondary N) is 1. The van der Waals surface area contributed by atoms with E-state index in [1.165, 1.54) is 19.2 Å². The maximum atomic E-state index is 13.3. The summed E-state index contributed by atoms with van der Waals surface area (Å²) in [6, 6.07) is 22.3. The van der Waals surface area contributed by atoms with Crippen molar-refractivity contribution >= 4 is 45.0 Å². The third-order valence-corrected chi connectivity index (χ3v) is 7.76. The van der Waals surface area contributed by atoms with Crippen LogP contribution >= 0.6 is 23.4 Å². The van der Waals surface area contributed by atoms with Crippen LogP contribution in [0.1, 0.15) is 5.56 Å². The molecule has 0 saturated carbocycles. The number of amides is 1. The van der Waals surface area contributed by atoms with Crippen LogP contribution in [0.2, 0.25) is 5.02 Å². The van der Waals surface area contributed by atoms with Crippen LogP contribution in [0.5, 0.6) is 5.75 Å². The summed E-state index contributed by atoms with van der Waals surface area (Å²) >= 11 is 7.66. The van der Waals surface area contributed by atoms with Crippen molar-refractivity contribution in [2.45, 2.75) is 10.6 Å². The summed E-state index contributed by atoms with van der Waals surface area (Å²) in [5, 5.41) is 3.51. The number of thioether (sulfide) groups is 1. The van der Waals surface area contributed by atoms with E-state index in [0.717, 1.165) is 15.6 Å². The third kappa shape index (κ3) is 7.15. The molecule has 0 saturated heterocycles. The van der Waals surface area contributed by atoms with Crippen LogP contribution in [0.15, 0.2) is 83.8 Å². The number of hydrogen-bond acceptors (Lipinski definition) is 5. The van der Waals surface area contributed by atoms with Gasteiger partial charge in [-0.2, -0.15) is 11.8 Å². The zero-order valence-electron chi connectivity index (χ0n) is 18.1. The second-order valence-electron chi connectivity index (χ2n) is 7.06. The quantitative estimate of drug-likeness (QED) is 0.386. The monoisotopic (exact) mass is 504 g/mol. The molecule has 1 N–H and O–H groups in total. The number of rotatable bonds is 11. The lowest BCUT2D eigenvalue weighted by molar-refractivity contribution is -0.119. The van der Waals surface area contributed by atoms with E-state index in [0.29, 0.717) is 28.8 Å². The van der Waals surface area contributed by atoms with Crippen LogP contribution in [-0.4, -0.2) is 40.3 Å². The van der Waals surface area contributed by atoms with Gasteiger partial charge >= 0.3 is 0 Å². The SMILES string of the molecule is COc1ccc(S(=O)(=O)N(CC(=O)NCCSCc2cccc(Cl)c2)c2ccccc2)cc1. The highest BCUT2D eigenvalue weighted by molar-refractivity contribution is 7.98. The van der Waals surface area contributed by atoms with Gasteiger partial charge in [-0.15, -0.1) is 0 Å². The minimum absolute atomic E-state index is 0.0806. The van der Waals surface area contributed by atoms with Crippen molar-refractivity contribution in [3.8, 4) is 5.75 Å². The Hall–Kier alpha value is -2.68. The molecule has 0 unspecified atom stereocenters. The van der Waals surface area contributed by atoms with Gasteiger partial charge in [0.25, 0.3) is 10.0 Å². The number of nitrogens with zero attached hydrogens (tertiary/aromatic N) is 1. The van der Waals surface area contributed by atoms with Crippen molar-refractivity contribution in [2.24, 2.45) is 0 Å². The van der Waals surface area contributed by atoms with E-state index in [2.05, 4.69) is 5.32 Å². The fourth-order valence-electron chi connectivity index (χ4n) is 3.05. The smallest absolute Gasteiger partial charge is 0.264 e. The van der Waals surface area contributed by atoms with Crippen molar-refractivity contribution in [1.29, 1.82) is 0 Å². The highest BCUT2D eigenvalue weighted by atomic mass is 35.5. The van der Waals surface area contributed by atoms with Gasteiger partial charge in [-0.3, -0.25) is 9.10 Å². The predicted octanol–water partition coefficient (Wildman–Crippen LogP) is 4.59. The molecule has 0 aromatic heterocycles. The summed E-state index contributed by atoms with van der Waals surface area (Å²) in [5.74, 6) is 1.64. The molecule has 1 amide bonds. The molecule has 0 radical (unpaired) electrons. The molecule has 3 aromatic rings. The molecule has 3 rings (SSSR count). The topological polar surface area (TPSA) is 75.7 Å². The van der Waals surface area contributed by atoms with E-state index < -0.39 is 10.0 Å². The molecular weight excluding hydrogens is 480 g/mol. The van der Waals surface area contributed by atoms with E-state index in [9.17, 15) is 13.2 Å². The normalized spacial score (nSPS) is 11.1. The largest absolute Gasteiger partial charge is 0.497 e. The van der Waals surface area contributed by atoms with Crippen molar-refractivity contribution in [3.05, 3.63) is 89.4 Å². The summed E-state index contributed by atoms with van der Waals surface area (Å²) in [6.45, 7) is 0.104. The Morgan fingerprint density at radius 1 is 1.03 bits per heavy atom. The lowest BCUT2D eigenvalue weighted by Crippen LogP contribution is -2.41. The van der Waals surface area contributed by atoms with Crippen LogP contribution in [0, 0.1) is 0 Å². The number of methoxy groups -OCH3 is 1. The molecule has 0 aliphatic carbocycles. The van der Waals surface area contributed by atoms with Crippen molar-refractivity contribution in [2.75, 3.05) is 30.3 Å². The van der Waals surface area contributed by atoms with E-state index in [1.54, 1.807) is 54.2 Å². The van der Waals surface area contributed by atoms with E-state index >= 15 is 0 Å². The summed E-state index contributed by atoms with van der Waals surface area (Å²) in [5.41, 5.74) is 1.53. The van der Waals surface area contributed by atoms with Crippen LogP contribution in [0.25, 0.3) is 0 Å². The molecule has 0 atom stereocenters. The summed E-state index contributed by atoms with van der Waals surface area (Å²) < 4.78 is 32.9. The van der Waals surface area contributed by atoms with Gasteiger partial charge in [-0.25, -0.2) is 8.42 Å². The second-order valence-corrected chi connectivity index (χ2v) is 10.5. The van der Waals surface area contributed by atoms with Crippen molar-refractivity contribution in [1.82, 2.24) is 5.32 Å². The van der Waals surface area contributed by atoms with Gasteiger partial charge in [0.15, 0.2) is 0 Å². The molecule has 33 heavy (non-hydrogen) atoms. The Kier molecular flexibility index (Phi) is 9.05. The van der Waals surface area contributed by atoms with Gasteiger partial charge in [0.1, 0.15) is 12.3 Å². The molecule has 0 aliphatic rings. The molecule has 0 spiro atoms. The first-order valence-corrected chi connectivity index (χ1v) is 13.2. The second kappa shape index (κ2) is 12.0. The lowest BCUT2D eigenvalue weighted by Gasteiger charge is -2.24. The number of carbonyl (C=O) groups is 1. The average molecular weight is 505 g/mol. The Morgan fingerprint density at radius 3 is 2.42 bits per heavy atom. The van der Waals surface area contributed by atoms with Gasteiger partial charge in [0, 0.05) is 23.1 Å². The summed E-state index contributed by atoms with van der Waals surface area (Å²) in [6.07, 6.45) is 0. The maximum absolute atomic E-state index is 13.3. The van der Waals surface area contributed by atoms with Crippen LogP contribution in [0.3, 0.4) is 0 Å². The molecule has 9 heteroatoms. The molecule has 0 fully saturated rings. The van der Waals surface area contributed by atoms with Crippen LogP contribution in [0.4, 0.5) is 5.69 Å². The first-order chi connectivity index (χ1) is 15.9. The zero-order chi connectivity index (χ0) is 23.7. The molecule has 0 bridgehead atoms. The Morgan fingerprint density at radius 2 is 1.76 bits per heavy atom. The summed E-state index contributed by atoms with van der Waals surface area (Å²) in [4.78, 5) is 12.7. The van der Waals surface area contributed by atoms with Gasteiger partial charge in [0.05, 0.1) is 17.7 Å². The standard InChI is InChI=1S/C24H25ClN2O4S2/c1-31-22-10-12-23(13-11-22)33(29,30)27(21-8-3-2-4-9-21)17-24(28)26-14-15-32-18-19-6-5-7-20(25)16-19/h2-13,16H,14-15,17-18H2,1H3,(H,26,28).